The molecular weight excluding hydrogens is 318 g/mol. The molecule has 25 heavy (non-hydrogen) atoms. The number of nitrogens with one attached hydrogen (secondary N) is 2. The SMILES string of the molecule is CC1CCN(CC(O)CNC(=O)c2cc3ccccc3c(=O)[nH]2)CC1. The average Bonchev–Trinajstić information content (AvgIpc) is 2.61. The Balaban J connectivity index is 1.56. The lowest BCUT2D eigenvalue weighted by atomic mass is 9.99. The maximum Gasteiger partial charge on any atom is 0.267 e. The first kappa shape index (κ1) is 17.6. The van der Waals surface area contributed by atoms with Crippen LogP contribution in [0, 0.1) is 5.92 Å². The molecular formula is C19H25N3O3. The fourth-order valence-corrected chi connectivity index (χ4v) is 3.25. The van der Waals surface area contributed by atoms with Gasteiger partial charge in [0.2, 0.25) is 0 Å². The zero-order valence-electron chi connectivity index (χ0n) is 14.5. The van der Waals surface area contributed by atoms with Crippen molar-refractivity contribution < 1.29 is 9.90 Å². The second kappa shape index (κ2) is 7.80. The molecule has 1 fully saturated rings. The number of hydrogen-bond donors (Lipinski definition) is 3. The molecule has 0 spiro atoms. The Morgan fingerprint density at radius 1 is 1.36 bits per heavy atom. The third-order valence-corrected chi connectivity index (χ3v) is 4.84. The number of hydrogen-bond acceptors (Lipinski definition) is 4. The van der Waals surface area contributed by atoms with E-state index in [1.807, 2.05) is 6.07 Å². The Morgan fingerprint density at radius 3 is 2.84 bits per heavy atom. The third-order valence-electron chi connectivity index (χ3n) is 4.84. The van der Waals surface area contributed by atoms with E-state index < -0.39 is 6.10 Å². The second-order valence-electron chi connectivity index (χ2n) is 6.95. The summed E-state index contributed by atoms with van der Waals surface area (Å²) in [4.78, 5) is 29.1. The summed E-state index contributed by atoms with van der Waals surface area (Å²) in [7, 11) is 0. The van der Waals surface area contributed by atoms with E-state index in [0.717, 1.165) is 37.2 Å². The minimum Gasteiger partial charge on any atom is -0.390 e. The summed E-state index contributed by atoms with van der Waals surface area (Å²) in [5.41, 5.74) is -0.0751. The van der Waals surface area contributed by atoms with Crippen molar-refractivity contribution in [1.29, 1.82) is 0 Å². The lowest BCUT2D eigenvalue weighted by Crippen LogP contribution is -2.43. The van der Waals surface area contributed by atoms with Crippen LogP contribution in [0.4, 0.5) is 0 Å². The monoisotopic (exact) mass is 343 g/mol. The third kappa shape index (κ3) is 4.46. The van der Waals surface area contributed by atoms with Crippen LogP contribution in [0.15, 0.2) is 35.1 Å². The van der Waals surface area contributed by atoms with E-state index in [-0.39, 0.29) is 23.7 Å². The molecule has 6 nitrogen and oxygen atoms in total. The molecule has 1 aliphatic rings. The number of carbonyl (C=O) groups excluding carboxylic acids is 1. The number of aromatic nitrogens is 1. The van der Waals surface area contributed by atoms with Gasteiger partial charge in [-0.3, -0.25) is 9.59 Å². The van der Waals surface area contributed by atoms with E-state index in [0.29, 0.717) is 11.9 Å². The van der Waals surface area contributed by atoms with Crippen molar-refractivity contribution in [3.05, 3.63) is 46.4 Å². The predicted octanol–water partition coefficient (Wildman–Crippen LogP) is 1.35. The number of piperidine rings is 1. The average molecular weight is 343 g/mol. The zero-order chi connectivity index (χ0) is 17.8. The number of nitrogens with zero attached hydrogens (tertiary/aromatic N) is 1. The zero-order valence-corrected chi connectivity index (χ0v) is 14.5. The molecule has 1 aromatic heterocycles. The van der Waals surface area contributed by atoms with E-state index in [4.69, 9.17) is 0 Å². The fraction of sp³-hybridized carbons (Fsp3) is 0.474. The summed E-state index contributed by atoms with van der Waals surface area (Å²) in [6.07, 6.45) is 1.68. The van der Waals surface area contributed by atoms with Crippen molar-refractivity contribution in [2.75, 3.05) is 26.2 Å². The number of aliphatic hydroxyl groups excluding tert-OH is 1. The molecule has 0 saturated carbocycles. The number of aliphatic hydroxyl groups is 1. The lowest BCUT2D eigenvalue weighted by Gasteiger charge is -2.31. The van der Waals surface area contributed by atoms with Gasteiger partial charge in [0.1, 0.15) is 5.69 Å². The predicted molar refractivity (Wildman–Crippen MR) is 97.7 cm³/mol. The first-order valence-corrected chi connectivity index (χ1v) is 8.83. The van der Waals surface area contributed by atoms with E-state index in [2.05, 4.69) is 22.1 Å². The number of rotatable bonds is 5. The largest absolute Gasteiger partial charge is 0.390 e. The molecule has 2 heterocycles. The smallest absolute Gasteiger partial charge is 0.267 e. The number of carbonyl (C=O) groups is 1. The minimum atomic E-state index is -0.621. The standard InChI is InChI=1S/C19H25N3O3/c1-13-6-8-22(9-7-13)12-15(23)11-20-19(25)17-10-14-4-2-3-5-16(14)18(24)21-17/h2-5,10,13,15,23H,6-9,11-12H2,1H3,(H,20,25)(H,21,24). The van der Waals surface area contributed by atoms with Crippen LogP contribution < -0.4 is 10.9 Å². The summed E-state index contributed by atoms with van der Waals surface area (Å²) in [5.74, 6) is 0.368. The number of β-amino-alcohol motifs (C(OH)–C–C–N with tert-alkyl or cyclic N) is 1. The van der Waals surface area contributed by atoms with Gasteiger partial charge >= 0.3 is 0 Å². The Morgan fingerprint density at radius 2 is 2.08 bits per heavy atom. The van der Waals surface area contributed by atoms with Crippen molar-refractivity contribution in [2.24, 2.45) is 5.92 Å². The van der Waals surface area contributed by atoms with Gasteiger partial charge in [0.15, 0.2) is 0 Å². The molecule has 2 aromatic rings. The number of pyridine rings is 1. The summed E-state index contributed by atoms with van der Waals surface area (Å²) in [5, 5.41) is 14.1. The molecule has 0 bridgehead atoms. The molecule has 6 heteroatoms. The molecule has 1 unspecified atom stereocenters. The molecule has 1 amide bonds. The number of likely N-dealkylation sites (tertiary alicyclic amines) is 1. The molecule has 1 saturated heterocycles. The van der Waals surface area contributed by atoms with Crippen LogP contribution in [0.25, 0.3) is 10.8 Å². The summed E-state index contributed by atoms with van der Waals surface area (Å²) in [6, 6.07) is 8.79. The van der Waals surface area contributed by atoms with Gasteiger partial charge in [0.05, 0.1) is 6.10 Å². The normalized spacial score (nSPS) is 17.5. The van der Waals surface area contributed by atoms with Crippen molar-refractivity contribution in [2.45, 2.75) is 25.9 Å². The van der Waals surface area contributed by atoms with Crippen LogP contribution in [0.1, 0.15) is 30.3 Å². The second-order valence-corrected chi connectivity index (χ2v) is 6.95. The van der Waals surface area contributed by atoms with Crippen LogP contribution >= 0.6 is 0 Å². The van der Waals surface area contributed by atoms with Crippen LogP contribution in [-0.4, -0.2) is 53.2 Å². The highest BCUT2D eigenvalue weighted by Crippen LogP contribution is 2.16. The van der Waals surface area contributed by atoms with Crippen molar-refractivity contribution in [3.63, 3.8) is 0 Å². The fourth-order valence-electron chi connectivity index (χ4n) is 3.25. The van der Waals surface area contributed by atoms with E-state index in [1.54, 1.807) is 24.3 Å². The minimum absolute atomic E-state index is 0.166. The maximum absolute atomic E-state index is 12.3. The van der Waals surface area contributed by atoms with Gasteiger partial charge in [0.25, 0.3) is 11.5 Å². The molecule has 0 aliphatic carbocycles. The number of benzene rings is 1. The number of amides is 1. The van der Waals surface area contributed by atoms with Crippen molar-refractivity contribution in [1.82, 2.24) is 15.2 Å². The summed E-state index contributed by atoms with van der Waals surface area (Å²) >= 11 is 0. The quantitative estimate of drug-likeness (QED) is 0.765. The van der Waals surface area contributed by atoms with Gasteiger partial charge in [0, 0.05) is 18.5 Å². The van der Waals surface area contributed by atoms with Gasteiger partial charge in [-0.05, 0) is 49.4 Å². The molecule has 134 valence electrons. The van der Waals surface area contributed by atoms with Gasteiger partial charge in [-0.25, -0.2) is 0 Å². The number of H-pyrrole nitrogens is 1. The van der Waals surface area contributed by atoms with E-state index in [9.17, 15) is 14.7 Å². The molecule has 1 aromatic carbocycles. The highest BCUT2D eigenvalue weighted by atomic mass is 16.3. The number of fused-ring (bicyclic) bond motifs is 1. The number of aromatic amines is 1. The lowest BCUT2D eigenvalue weighted by molar-refractivity contribution is 0.0792. The van der Waals surface area contributed by atoms with Crippen molar-refractivity contribution >= 4 is 16.7 Å². The summed E-state index contributed by atoms with van der Waals surface area (Å²) in [6.45, 7) is 4.95. The Kier molecular flexibility index (Phi) is 5.50. The highest BCUT2D eigenvalue weighted by molar-refractivity contribution is 5.96. The molecule has 3 rings (SSSR count). The van der Waals surface area contributed by atoms with E-state index >= 15 is 0 Å². The maximum atomic E-state index is 12.3. The van der Waals surface area contributed by atoms with Gasteiger partial charge in [-0.2, -0.15) is 0 Å². The Hall–Kier alpha value is -2.18. The summed E-state index contributed by atoms with van der Waals surface area (Å²) < 4.78 is 0. The Bertz CT molecular complexity index is 794. The molecule has 0 radical (unpaired) electrons. The highest BCUT2D eigenvalue weighted by Gasteiger charge is 2.19. The van der Waals surface area contributed by atoms with Crippen LogP contribution in [0.3, 0.4) is 0 Å². The van der Waals surface area contributed by atoms with Crippen LogP contribution in [0.2, 0.25) is 0 Å². The van der Waals surface area contributed by atoms with E-state index in [1.165, 1.54) is 0 Å². The van der Waals surface area contributed by atoms with Gasteiger partial charge < -0.3 is 20.3 Å². The van der Waals surface area contributed by atoms with Crippen LogP contribution in [0.5, 0.6) is 0 Å². The molecule has 3 N–H and O–H groups in total. The topological polar surface area (TPSA) is 85.4 Å². The Labute approximate surface area is 146 Å². The van der Waals surface area contributed by atoms with Gasteiger partial charge in [-0.15, -0.1) is 0 Å². The molecule has 1 aliphatic heterocycles. The van der Waals surface area contributed by atoms with Crippen molar-refractivity contribution in [3.8, 4) is 0 Å². The first-order valence-electron chi connectivity index (χ1n) is 8.83. The first-order chi connectivity index (χ1) is 12.0. The van der Waals surface area contributed by atoms with Gasteiger partial charge in [-0.1, -0.05) is 25.1 Å². The molecule has 1 atom stereocenters. The van der Waals surface area contributed by atoms with Crippen LogP contribution in [-0.2, 0) is 0 Å².